The van der Waals surface area contributed by atoms with Crippen molar-refractivity contribution in [2.24, 2.45) is 0 Å². The zero-order chi connectivity index (χ0) is 12.1. The summed E-state index contributed by atoms with van der Waals surface area (Å²) >= 11 is 1.67. The van der Waals surface area contributed by atoms with Crippen molar-refractivity contribution in [1.29, 1.82) is 0 Å². The maximum absolute atomic E-state index is 11.6. The molecule has 2 rings (SSSR count). The summed E-state index contributed by atoms with van der Waals surface area (Å²) in [5.74, 6) is 1.75. The summed E-state index contributed by atoms with van der Waals surface area (Å²) in [6, 6.07) is 10.5. The molecule has 2 nitrogen and oxygen atoms in total. The van der Waals surface area contributed by atoms with Crippen LogP contribution in [-0.2, 0) is 10.2 Å². The molecule has 1 saturated carbocycles. The van der Waals surface area contributed by atoms with Crippen LogP contribution < -0.4 is 5.32 Å². The first kappa shape index (κ1) is 12.5. The molecule has 0 saturated heterocycles. The highest BCUT2D eigenvalue weighted by atomic mass is 32.2. The molecule has 0 atom stereocenters. The summed E-state index contributed by atoms with van der Waals surface area (Å²) < 4.78 is 0. The first-order valence-electron chi connectivity index (χ1n) is 6.17. The van der Waals surface area contributed by atoms with Gasteiger partial charge in [0, 0.05) is 12.0 Å². The molecule has 92 valence electrons. The Balaban J connectivity index is 1.85. The predicted octanol–water partition coefficient (Wildman–Crippen LogP) is 2.59. The van der Waals surface area contributed by atoms with E-state index < -0.39 is 0 Å². The van der Waals surface area contributed by atoms with Gasteiger partial charge in [-0.05, 0) is 24.2 Å². The molecule has 0 heterocycles. The van der Waals surface area contributed by atoms with Crippen LogP contribution in [0.3, 0.4) is 0 Å². The van der Waals surface area contributed by atoms with Crippen LogP contribution in [0.4, 0.5) is 0 Å². The Bertz CT molecular complexity index is 373. The molecule has 0 unspecified atom stereocenters. The minimum atomic E-state index is 0.166. The molecule has 0 aliphatic heterocycles. The number of nitrogens with one attached hydrogen (secondary N) is 1. The van der Waals surface area contributed by atoms with Gasteiger partial charge in [-0.3, -0.25) is 4.79 Å². The van der Waals surface area contributed by atoms with E-state index in [1.165, 1.54) is 18.4 Å². The number of carbonyl (C=O) groups is 1. The van der Waals surface area contributed by atoms with Gasteiger partial charge in [0.05, 0.1) is 5.75 Å². The highest BCUT2D eigenvalue weighted by Crippen LogP contribution is 2.47. The van der Waals surface area contributed by atoms with Gasteiger partial charge in [-0.15, -0.1) is 0 Å². The van der Waals surface area contributed by atoms with Gasteiger partial charge in [-0.2, -0.15) is 11.8 Å². The maximum atomic E-state index is 11.6. The van der Waals surface area contributed by atoms with E-state index in [9.17, 15) is 4.79 Å². The van der Waals surface area contributed by atoms with Gasteiger partial charge in [0.25, 0.3) is 0 Å². The van der Waals surface area contributed by atoms with Crippen LogP contribution in [0.1, 0.15) is 25.3 Å². The van der Waals surface area contributed by atoms with Crippen molar-refractivity contribution in [3.8, 4) is 0 Å². The van der Waals surface area contributed by atoms with Crippen LogP contribution >= 0.6 is 11.8 Å². The van der Waals surface area contributed by atoms with Gasteiger partial charge in [0.2, 0.25) is 5.91 Å². The van der Waals surface area contributed by atoms with E-state index in [1.807, 2.05) is 6.07 Å². The summed E-state index contributed by atoms with van der Waals surface area (Å²) in [5, 5.41) is 3.06. The number of carbonyl (C=O) groups excluding carboxylic acids is 1. The zero-order valence-corrected chi connectivity index (χ0v) is 11.1. The highest BCUT2D eigenvalue weighted by Gasteiger charge is 2.44. The third-order valence-corrected chi connectivity index (χ3v) is 4.18. The number of hydrogen-bond acceptors (Lipinski definition) is 2. The Morgan fingerprint density at radius 3 is 2.65 bits per heavy atom. The zero-order valence-electron chi connectivity index (χ0n) is 10.2. The van der Waals surface area contributed by atoms with Crippen LogP contribution in [-0.4, -0.2) is 24.0 Å². The molecule has 0 radical (unpaired) electrons. The summed E-state index contributed by atoms with van der Waals surface area (Å²) in [5.41, 5.74) is 1.59. The maximum Gasteiger partial charge on any atom is 0.230 e. The molecule has 17 heavy (non-hydrogen) atoms. The minimum absolute atomic E-state index is 0.166. The smallest absolute Gasteiger partial charge is 0.230 e. The van der Waals surface area contributed by atoms with Gasteiger partial charge in [-0.1, -0.05) is 37.3 Å². The molecule has 1 aliphatic carbocycles. The SMILES string of the molecule is CCSCC(=O)NCC1(c2ccccc2)CC1. The average molecular weight is 249 g/mol. The molecule has 0 bridgehead atoms. The lowest BCUT2D eigenvalue weighted by molar-refractivity contribution is -0.118. The average Bonchev–Trinajstić information content (AvgIpc) is 3.16. The Kier molecular flexibility index (Phi) is 4.11. The molecule has 3 heteroatoms. The van der Waals surface area contributed by atoms with Crippen LogP contribution in [0, 0.1) is 0 Å². The predicted molar refractivity (Wildman–Crippen MR) is 73.4 cm³/mol. The number of benzene rings is 1. The lowest BCUT2D eigenvalue weighted by atomic mass is 9.96. The van der Waals surface area contributed by atoms with E-state index in [2.05, 4.69) is 36.5 Å². The Morgan fingerprint density at radius 2 is 2.06 bits per heavy atom. The molecule has 1 N–H and O–H groups in total. The highest BCUT2D eigenvalue weighted by molar-refractivity contribution is 7.99. The van der Waals surface area contributed by atoms with Crippen LogP contribution in [0.15, 0.2) is 30.3 Å². The first-order valence-corrected chi connectivity index (χ1v) is 7.32. The topological polar surface area (TPSA) is 29.1 Å². The molecule has 0 spiro atoms. The molecule has 1 fully saturated rings. The summed E-state index contributed by atoms with van der Waals surface area (Å²) in [6.07, 6.45) is 2.39. The molecular weight excluding hydrogens is 230 g/mol. The molecule has 1 amide bonds. The standard InChI is InChI=1S/C14H19NOS/c1-2-17-10-13(16)15-11-14(8-9-14)12-6-4-3-5-7-12/h3-7H,2,8-11H2,1H3,(H,15,16). The van der Waals surface area contributed by atoms with Crippen LogP contribution in [0.2, 0.25) is 0 Å². The second kappa shape index (κ2) is 5.58. The van der Waals surface area contributed by atoms with Gasteiger partial charge in [0.1, 0.15) is 0 Å². The normalized spacial score (nSPS) is 16.5. The number of amides is 1. The largest absolute Gasteiger partial charge is 0.354 e. The van der Waals surface area contributed by atoms with Gasteiger partial charge in [0.15, 0.2) is 0 Å². The van der Waals surface area contributed by atoms with Gasteiger partial charge < -0.3 is 5.32 Å². The second-order valence-corrected chi connectivity index (χ2v) is 5.83. The summed E-state index contributed by atoms with van der Waals surface area (Å²) in [4.78, 5) is 11.6. The van der Waals surface area contributed by atoms with Crippen molar-refractivity contribution in [2.45, 2.75) is 25.2 Å². The van der Waals surface area contributed by atoms with E-state index in [4.69, 9.17) is 0 Å². The molecule has 0 aromatic heterocycles. The Hall–Kier alpha value is -0.960. The van der Waals surface area contributed by atoms with E-state index >= 15 is 0 Å². The fourth-order valence-corrected chi connectivity index (χ4v) is 2.52. The third-order valence-electron chi connectivity index (χ3n) is 3.30. The molecule has 1 aliphatic rings. The first-order chi connectivity index (χ1) is 8.27. The second-order valence-electron chi connectivity index (χ2n) is 4.56. The lowest BCUT2D eigenvalue weighted by Crippen LogP contribution is -2.33. The fourth-order valence-electron chi connectivity index (χ4n) is 2.02. The van der Waals surface area contributed by atoms with Crippen molar-refractivity contribution < 1.29 is 4.79 Å². The summed E-state index contributed by atoms with van der Waals surface area (Å²) in [7, 11) is 0. The molecular formula is C14H19NOS. The minimum Gasteiger partial charge on any atom is -0.354 e. The van der Waals surface area contributed by atoms with E-state index in [1.54, 1.807) is 11.8 Å². The number of hydrogen-bond donors (Lipinski definition) is 1. The Labute approximate surface area is 107 Å². The van der Waals surface area contributed by atoms with Crippen molar-refractivity contribution in [3.05, 3.63) is 35.9 Å². The molecule has 1 aromatic carbocycles. The number of rotatable bonds is 6. The van der Waals surface area contributed by atoms with Crippen LogP contribution in [0.5, 0.6) is 0 Å². The summed E-state index contributed by atoms with van der Waals surface area (Å²) in [6.45, 7) is 2.87. The monoisotopic (exact) mass is 249 g/mol. The van der Waals surface area contributed by atoms with Crippen molar-refractivity contribution in [2.75, 3.05) is 18.1 Å². The quantitative estimate of drug-likeness (QED) is 0.839. The van der Waals surface area contributed by atoms with Crippen LogP contribution in [0.25, 0.3) is 0 Å². The van der Waals surface area contributed by atoms with E-state index in [0.29, 0.717) is 5.75 Å². The fraction of sp³-hybridized carbons (Fsp3) is 0.500. The van der Waals surface area contributed by atoms with Gasteiger partial charge >= 0.3 is 0 Å². The van der Waals surface area contributed by atoms with Crippen molar-refractivity contribution in [1.82, 2.24) is 5.32 Å². The lowest BCUT2D eigenvalue weighted by Gasteiger charge is -2.16. The van der Waals surface area contributed by atoms with Crippen molar-refractivity contribution >= 4 is 17.7 Å². The van der Waals surface area contributed by atoms with Crippen molar-refractivity contribution in [3.63, 3.8) is 0 Å². The molecule has 1 aromatic rings. The third kappa shape index (κ3) is 3.25. The number of thioether (sulfide) groups is 1. The van der Waals surface area contributed by atoms with Gasteiger partial charge in [-0.25, -0.2) is 0 Å². The Morgan fingerprint density at radius 1 is 1.35 bits per heavy atom. The van der Waals surface area contributed by atoms with E-state index in [0.717, 1.165) is 12.3 Å². The van der Waals surface area contributed by atoms with E-state index in [-0.39, 0.29) is 11.3 Å².